The average molecular weight is 336 g/mol. The molecule has 5 heteroatoms. The minimum Gasteiger partial charge on any atom is -0.640 e. The molecular formula is C18H29N2O2P. The molecule has 1 aliphatic heterocycles. The third-order valence-corrected chi connectivity index (χ3v) is 10.1. The van der Waals surface area contributed by atoms with Gasteiger partial charge in [0.25, 0.3) is 0 Å². The van der Waals surface area contributed by atoms with Gasteiger partial charge in [-0.25, -0.2) is 4.52 Å². The molecule has 3 rings (SSSR count). The summed E-state index contributed by atoms with van der Waals surface area (Å²) in [5.41, 5.74) is -0.393. The van der Waals surface area contributed by atoms with E-state index in [-0.39, 0.29) is 29.0 Å². The van der Waals surface area contributed by atoms with E-state index in [9.17, 15) is 10.2 Å². The Balaban J connectivity index is 2.06. The molecule has 2 saturated carbocycles. The van der Waals surface area contributed by atoms with Crippen molar-refractivity contribution in [3.8, 4) is 6.07 Å². The Kier molecular flexibility index (Phi) is 3.98. The van der Waals surface area contributed by atoms with Crippen LogP contribution in [0.3, 0.4) is 0 Å². The first-order valence-electron chi connectivity index (χ1n) is 8.72. The van der Waals surface area contributed by atoms with E-state index in [1.165, 1.54) is 0 Å². The molecule has 128 valence electrons. The van der Waals surface area contributed by atoms with Crippen molar-refractivity contribution < 1.29 is 9.42 Å². The summed E-state index contributed by atoms with van der Waals surface area (Å²) in [4.78, 5) is 13.8. The molecule has 0 radical (unpaired) electrons. The molecule has 6 atom stereocenters. The zero-order chi connectivity index (χ0) is 17.2. The van der Waals surface area contributed by atoms with Gasteiger partial charge in [-0.1, -0.05) is 26.8 Å². The van der Waals surface area contributed by atoms with Crippen molar-refractivity contribution in [3.63, 3.8) is 0 Å². The molecule has 4 nitrogen and oxygen atoms in total. The van der Waals surface area contributed by atoms with Gasteiger partial charge in [0, 0.05) is 17.9 Å². The van der Waals surface area contributed by atoms with E-state index in [2.05, 4.69) is 51.9 Å². The molecule has 3 fully saturated rings. The summed E-state index contributed by atoms with van der Waals surface area (Å²) in [7, 11) is -3.17. The van der Waals surface area contributed by atoms with Gasteiger partial charge in [0.15, 0.2) is 13.5 Å². The molecule has 0 amide bonds. The zero-order valence-corrected chi connectivity index (χ0v) is 15.8. The monoisotopic (exact) mass is 336 g/mol. The minimum atomic E-state index is -3.17. The van der Waals surface area contributed by atoms with Crippen molar-refractivity contribution in [1.29, 1.82) is 5.26 Å². The van der Waals surface area contributed by atoms with Crippen LogP contribution < -0.4 is 4.89 Å². The number of allylic oxidation sites excluding steroid dienone is 1. The Morgan fingerprint density at radius 2 is 2.13 bits per heavy atom. The van der Waals surface area contributed by atoms with Crippen LogP contribution >= 0.6 is 7.87 Å². The van der Waals surface area contributed by atoms with Crippen molar-refractivity contribution in [1.82, 2.24) is 4.67 Å². The van der Waals surface area contributed by atoms with E-state index in [0.29, 0.717) is 12.3 Å². The molecule has 0 spiro atoms. The van der Waals surface area contributed by atoms with E-state index < -0.39 is 13.5 Å². The fourth-order valence-corrected chi connectivity index (χ4v) is 8.60. The van der Waals surface area contributed by atoms with Gasteiger partial charge in [0.1, 0.15) is 12.2 Å². The van der Waals surface area contributed by atoms with Gasteiger partial charge >= 0.3 is 0 Å². The molecule has 0 aromatic carbocycles. The van der Waals surface area contributed by atoms with Crippen LogP contribution in [0.2, 0.25) is 0 Å². The second-order valence-electron chi connectivity index (χ2n) is 8.51. The molecular weight excluding hydrogens is 307 g/mol. The number of hydrogen-bond acceptors (Lipinski definition) is 4. The van der Waals surface area contributed by atoms with E-state index in [4.69, 9.17) is 4.52 Å². The van der Waals surface area contributed by atoms with E-state index in [1.54, 1.807) is 6.08 Å². The van der Waals surface area contributed by atoms with Gasteiger partial charge in [0.05, 0.1) is 6.04 Å². The highest BCUT2D eigenvalue weighted by Gasteiger charge is 2.76. The van der Waals surface area contributed by atoms with Crippen LogP contribution in [0.5, 0.6) is 0 Å². The number of rotatable bonds is 4. The van der Waals surface area contributed by atoms with Gasteiger partial charge < -0.3 is 4.89 Å². The van der Waals surface area contributed by atoms with Crippen LogP contribution in [-0.4, -0.2) is 28.5 Å². The van der Waals surface area contributed by atoms with Gasteiger partial charge in [0.2, 0.25) is 0 Å². The number of fused-ring (bicyclic) bond motifs is 5. The summed E-state index contributed by atoms with van der Waals surface area (Å²) in [6.45, 7) is 14.8. The molecule has 0 aromatic rings. The Morgan fingerprint density at radius 3 is 2.65 bits per heavy atom. The van der Waals surface area contributed by atoms with Crippen LogP contribution in [0, 0.1) is 28.1 Å². The summed E-state index contributed by atoms with van der Waals surface area (Å²) >= 11 is 0. The minimum absolute atomic E-state index is 0.0230. The molecule has 23 heavy (non-hydrogen) atoms. The first kappa shape index (κ1) is 17.4. The highest BCUT2D eigenvalue weighted by Crippen LogP contribution is 2.79. The maximum Gasteiger partial charge on any atom is 0.196 e. The van der Waals surface area contributed by atoms with Crippen LogP contribution in [-0.2, 0) is 4.52 Å². The summed E-state index contributed by atoms with van der Waals surface area (Å²) in [5, 5.41) is 9.58. The summed E-state index contributed by atoms with van der Waals surface area (Å²) in [6.07, 6.45) is 4.36. The quantitative estimate of drug-likeness (QED) is 0.582. The fourth-order valence-electron chi connectivity index (χ4n) is 5.48. The van der Waals surface area contributed by atoms with Gasteiger partial charge in [-0.05, 0) is 38.0 Å². The molecule has 0 N–H and O–H groups in total. The third kappa shape index (κ3) is 1.97. The van der Waals surface area contributed by atoms with Crippen LogP contribution in [0.4, 0.5) is 0 Å². The number of hydrogen-bond donors (Lipinski definition) is 0. The molecule has 2 bridgehead atoms. The first-order valence-corrected chi connectivity index (χ1v) is 10.4. The van der Waals surface area contributed by atoms with Crippen molar-refractivity contribution in [2.24, 2.45) is 16.7 Å². The lowest BCUT2D eigenvalue weighted by molar-refractivity contribution is -0.207. The van der Waals surface area contributed by atoms with Crippen molar-refractivity contribution in [3.05, 3.63) is 12.7 Å². The van der Waals surface area contributed by atoms with E-state index in [1.807, 2.05) is 0 Å². The second-order valence-corrected chi connectivity index (χ2v) is 10.9. The summed E-state index contributed by atoms with van der Waals surface area (Å²) < 4.78 is 8.43. The molecule has 0 aromatic heterocycles. The highest BCUT2D eigenvalue weighted by atomic mass is 31.2. The molecule has 2 aliphatic carbocycles. The average Bonchev–Trinajstić information content (AvgIpc) is 2.95. The Labute approximate surface area is 141 Å². The van der Waals surface area contributed by atoms with E-state index in [0.717, 1.165) is 12.8 Å². The molecule has 5 unspecified atom stereocenters. The Morgan fingerprint density at radius 1 is 1.48 bits per heavy atom. The van der Waals surface area contributed by atoms with Gasteiger partial charge in [-0.2, -0.15) is 5.26 Å². The number of nitriles is 1. The maximum atomic E-state index is 13.8. The maximum absolute atomic E-state index is 13.8. The summed E-state index contributed by atoms with van der Waals surface area (Å²) in [5.74, 6) is 0.485. The normalized spacial score (nSPS) is 45.9. The van der Waals surface area contributed by atoms with Crippen molar-refractivity contribution in [2.45, 2.75) is 77.7 Å². The Hall–Kier alpha value is -0.460. The van der Waals surface area contributed by atoms with Crippen LogP contribution in [0.15, 0.2) is 12.7 Å². The molecule has 1 heterocycles. The second kappa shape index (κ2) is 5.27. The highest BCUT2D eigenvalue weighted by molar-refractivity contribution is 7.63. The standard InChI is InChI=1S/C18H29N2O2P/c1-7-8-13(11-19)23(21)20(12(2)3)15-14-9-10-18(6,16(15)22-23)17(14,4)5/h7,12-16H,1,8-10H2,2-6H3/t13-,14?,15?,16?,18?,23?/m0/s1. The molecule has 3 aliphatic rings. The third-order valence-electron chi connectivity index (χ3n) is 7.08. The van der Waals surface area contributed by atoms with Crippen LogP contribution in [0.25, 0.3) is 0 Å². The van der Waals surface area contributed by atoms with Gasteiger partial charge in [-0.3, -0.25) is 0 Å². The lowest BCUT2D eigenvalue weighted by Crippen LogP contribution is -2.47. The van der Waals surface area contributed by atoms with E-state index >= 15 is 0 Å². The fraction of sp³-hybridized carbons (Fsp3) is 0.833. The predicted molar refractivity (Wildman–Crippen MR) is 91.4 cm³/mol. The molecule has 1 saturated heterocycles. The zero-order valence-electron chi connectivity index (χ0n) is 15.0. The largest absolute Gasteiger partial charge is 0.640 e. The van der Waals surface area contributed by atoms with Gasteiger partial charge in [-0.15, -0.1) is 11.2 Å². The number of nitrogens with zero attached hydrogens (tertiary/aromatic N) is 2. The summed E-state index contributed by atoms with van der Waals surface area (Å²) in [6, 6.07) is 2.52. The van der Waals surface area contributed by atoms with Crippen molar-refractivity contribution >= 4 is 7.87 Å². The smallest absolute Gasteiger partial charge is 0.196 e. The lowest BCUT2D eigenvalue weighted by Gasteiger charge is -2.42. The van der Waals surface area contributed by atoms with Crippen LogP contribution in [0.1, 0.15) is 53.9 Å². The predicted octanol–water partition coefficient (Wildman–Crippen LogP) is 3.51. The Bertz CT molecular complexity index is 558. The van der Waals surface area contributed by atoms with Crippen molar-refractivity contribution in [2.75, 3.05) is 0 Å². The SMILES string of the molecule is C=CC[C@@H](C#N)[P+]1([O-])OC2C(C3CCC2(C)C3(C)C)N1C(C)C. The topological polar surface area (TPSA) is 59.3 Å². The first-order chi connectivity index (χ1) is 10.6. The lowest BCUT2D eigenvalue weighted by atomic mass is 9.70.